The third-order valence-corrected chi connectivity index (χ3v) is 4.96. The normalized spacial score (nSPS) is 19.0. The van der Waals surface area contributed by atoms with Crippen molar-refractivity contribution in [1.29, 1.82) is 0 Å². The molecule has 3 rings (SSSR count). The Morgan fingerprint density at radius 2 is 2.39 bits per heavy atom. The number of piperidine rings is 1. The molecule has 1 aromatic heterocycles. The lowest BCUT2D eigenvalue weighted by atomic mass is 10.0. The lowest BCUT2D eigenvalue weighted by Gasteiger charge is -2.29. The average molecular weight is 333 g/mol. The van der Waals surface area contributed by atoms with E-state index < -0.39 is 0 Å². The number of hydrogen-bond donors (Lipinski definition) is 1. The second kappa shape index (κ2) is 7.27. The van der Waals surface area contributed by atoms with Gasteiger partial charge >= 0.3 is 0 Å². The van der Waals surface area contributed by atoms with Crippen LogP contribution in [0.2, 0.25) is 0 Å². The molecule has 124 valence electrons. The van der Waals surface area contributed by atoms with Gasteiger partial charge in [-0.15, -0.1) is 0 Å². The van der Waals surface area contributed by atoms with Crippen LogP contribution in [-0.4, -0.2) is 42.0 Å². The molecule has 2 heterocycles. The molecular formula is C17H23N3O2S. The number of nitrogens with zero attached hydrogens (tertiary/aromatic N) is 2. The molecule has 0 radical (unpaired) electrons. The van der Waals surface area contributed by atoms with E-state index in [1.807, 2.05) is 25.1 Å². The smallest absolute Gasteiger partial charge is 0.240 e. The largest absolute Gasteiger partial charge is 0.494 e. The number of nitrogens with one attached hydrogen (secondary N) is 1. The van der Waals surface area contributed by atoms with Crippen LogP contribution in [0.5, 0.6) is 5.75 Å². The molecule has 0 saturated carbocycles. The molecule has 1 fully saturated rings. The Morgan fingerprint density at radius 3 is 3.17 bits per heavy atom. The van der Waals surface area contributed by atoms with E-state index in [9.17, 15) is 4.79 Å². The molecule has 1 saturated heterocycles. The molecular weight excluding hydrogens is 310 g/mol. The van der Waals surface area contributed by atoms with Gasteiger partial charge in [0.25, 0.3) is 0 Å². The van der Waals surface area contributed by atoms with Gasteiger partial charge in [0.15, 0.2) is 5.13 Å². The van der Waals surface area contributed by atoms with Crippen LogP contribution in [-0.2, 0) is 4.79 Å². The van der Waals surface area contributed by atoms with Crippen LogP contribution in [0.25, 0.3) is 10.2 Å². The summed E-state index contributed by atoms with van der Waals surface area (Å²) in [5, 5.41) is 3.59. The van der Waals surface area contributed by atoms with Crippen molar-refractivity contribution in [1.82, 2.24) is 9.88 Å². The van der Waals surface area contributed by atoms with Gasteiger partial charge in [-0.05, 0) is 50.4 Å². The molecule has 0 aliphatic carbocycles. The van der Waals surface area contributed by atoms with Gasteiger partial charge < -0.3 is 10.1 Å². The molecule has 5 nitrogen and oxygen atoms in total. The first-order chi connectivity index (χ1) is 11.1. The molecule has 1 N–H and O–H groups in total. The number of ether oxygens (including phenoxy) is 1. The number of thiazole rings is 1. The van der Waals surface area contributed by atoms with Gasteiger partial charge in [-0.2, -0.15) is 0 Å². The molecule has 0 spiro atoms. The van der Waals surface area contributed by atoms with E-state index in [1.165, 1.54) is 24.2 Å². The van der Waals surface area contributed by atoms with Crippen molar-refractivity contribution in [3.05, 3.63) is 18.2 Å². The lowest BCUT2D eigenvalue weighted by Crippen LogP contribution is -2.39. The minimum atomic E-state index is 0.0168. The number of anilines is 1. The maximum Gasteiger partial charge on any atom is 0.240 e. The maximum absolute atomic E-state index is 12.2. The van der Waals surface area contributed by atoms with Gasteiger partial charge in [0.1, 0.15) is 5.75 Å². The highest BCUT2D eigenvalue weighted by molar-refractivity contribution is 7.22. The van der Waals surface area contributed by atoms with Crippen LogP contribution < -0.4 is 10.1 Å². The first-order valence-corrected chi connectivity index (χ1v) is 9.01. The Morgan fingerprint density at radius 1 is 1.52 bits per heavy atom. The number of aromatic nitrogens is 1. The number of amides is 1. The predicted octanol–water partition coefficient (Wildman–Crippen LogP) is 3.37. The van der Waals surface area contributed by atoms with Crippen molar-refractivity contribution in [2.24, 2.45) is 5.92 Å². The van der Waals surface area contributed by atoms with Crippen molar-refractivity contribution < 1.29 is 9.53 Å². The van der Waals surface area contributed by atoms with Crippen molar-refractivity contribution in [3.8, 4) is 5.75 Å². The summed E-state index contributed by atoms with van der Waals surface area (Å²) in [4.78, 5) is 18.9. The summed E-state index contributed by atoms with van der Waals surface area (Å²) in [5.41, 5.74) is 0.889. The zero-order valence-corrected chi connectivity index (χ0v) is 14.5. The zero-order chi connectivity index (χ0) is 16.2. The Bertz CT molecular complexity index is 686. The summed E-state index contributed by atoms with van der Waals surface area (Å²) < 4.78 is 6.53. The fourth-order valence-corrected chi connectivity index (χ4v) is 3.92. The Hall–Kier alpha value is -1.66. The van der Waals surface area contributed by atoms with Crippen LogP contribution >= 0.6 is 11.3 Å². The fraction of sp³-hybridized carbons (Fsp3) is 0.529. The molecule has 0 bridgehead atoms. The highest BCUT2D eigenvalue weighted by Gasteiger charge is 2.19. The van der Waals surface area contributed by atoms with Gasteiger partial charge in [-0.25, -0.2) is 4.98 Å². The summed E-state index contributed by atoms with van der Waals surface area (Å²) in [6, 6.07) is 5.81. The third kappa shape index (κ3) is 4.20. The first-order valence-electron chi connectivity index (χ1n) is 8.19. The predicted molar refractivity (Wildman–Crippen MR) is 94.3 cm³/mol. The fourth-order valence-electron chi connectivity index (χ4n) is 3.01. The van der Waals surface area contributed by atoms with Gasteiger partial charge in [-0.1, -0.05) is 18.3 Å². The second-order valence-corrected chi connectivity index (χ2v) is 7.14. The maximum atomic E-state index is 12.2. The third-order valence-electron chi connectivity index (χ3n) is 4.03. The minimum absolute atomic E-state index is 0.0168. The zero-order valence-electron chi connectivity index (χ0n) is 13.7. The van der Waals surface area contributed by atoms with Crippen LogP contribution in [0.3, 0.4) is 0 Å². The van der Waals surface area contributed by atoms with Crippen molar-refractivity contribution in [2.75, 3.05) is 31.6 Å². The van der Waals surface area contributed by atoms with Gasteiger partial charge in [0.2, 0.25) is 5.91 Å². The summed E-state index contributed by atoms with van der Waals surface area (Å²) >= 11 is 1.49. The Balaban J connectivity index is 1.62. The van der Waals surface area contributed by atoms with Crippen molar-refractivity contribution in [2.45, 2.75) is 26.7 Å². The standard InChI is InChI=1S/C17H23N3O2S/c1-3-22-13-6-7-14-15(9-13)23-17(18-14)19-16(21)11-20-8-4-5-12(2)10-20/h6-7,9,12H,3-5,8,10-11H2,1-2H3,(H,18,19,21). The molecule has 1 atom stereocenters. The Labute approximate surface area is 140 Å². The summed E-state index contributed by atoms with van der Waals surface area (Å²) in [6.07, 6.45) is 2.44. The van der Waals surface area contributed by atoms with E-state index >= 15 is 0 Å². The van der Waals surface area contributed by atoms with E-state index in [1.54, 1.807) is 0 Å². The molecule has 1 aliphatic rings. The van der Waals surface area contributed by atoms with Gasteiger partial charge in [0, 0.05) is 6.54 Å². The molecule has 1 aliphatic heterocycles. The van der Waals surface area contributed by atoms with Crippen LogP contribution in [0.1, 0.15) is 26.7 Å². The number of benzene rings is 1. The monoisotopic (exact) mass is 333 g/mol. The van der Waals surface area contributed by atoms with Crippen LogP contribution in [0.4, 0.5) is 5.13 Å². The summed E-state index contributed by atoms with van der Waals surface area (Å²) in [6.45, 7) is 7.31. The summed E-state index contributed by atoms with van der Waals surface area (Å²) in [5.74, 6) is 1.53. The Kier molecular flexibility index (Phi) is 5.13. The number of likely N-dealkylation sites (tertiary alicyclic amines) is 1. The van der Waals surface area contributed by atoms with Crippen molar-refractivity contribution in [3.63, 3.8) is 0 Å². The van der Waals surface area contributed by atoms with Gasteiger partial charge in [-0.3, -0.25) is 9.69 Å². The molecule has 1 unspecified atom stereocenters. The van der Waals surface area contributed by atoms with E-state index in [-0.39, 0.29) is 5.91 Å². The molecule has 1 aromatic carbocycles. The topological polar surface area (TPSA) is 54.5 Å². The highest BCUT2D eigenvalue weighted by Crippen LogP contribution is 2.29. The van der Waals surface area contributed by atoms with E-state index in [2.05, 4.69) is 22.1 Å². The SMILES string of the molecule is CCOc1ccc2nc(NC(=O)CN3CCCC(C)C3)sc2c1. The van der Waals surface area contributed by atoms with E-state index in [4.69, 9.17) is 4.74 Å². The molecule has 1 amide bonds. The van der Waals surface area contributed by atoms with Crippen LogP contribution in [0.15, 0.2) is 18.2 Å². The molecule has 23 heavy (non-hydrogen) atoms. The van der Waals surface area contributed by atoms with Crippen molar-refractivity contribution >= 4 is 32.6 Å². The number of fused-ring (bicyclic) bond motifs is 1. The highest BCUT2D eigenvalue weighted by atomic mass is 32.1. The average Bonchev–Trinajstić information content (AvgIpc) is 2.88. The quantitative estimate of drug-likeness (QED) is 0.911. The van der Waals surface area contributed by atoms with Gasteiger partial charge in [0.05, 0.1) is 23.4 Å². The lowest BCUT2D eigenvalue weighted by molar-refractivity contribution is -0.117. The summed E-state index contributed by atoms with van der Waals surface area (Å²) in [7, 11) is 0. The number of rotatable bonds is 5. The van der Waals surface area contributed by atoms with E-state index in [0.717, 1.165) is 29.1 Å². The van der Waals surface area contributed by atoms with E-state index in [0.29, 0.717) is 24.2 Å². The first kappa shape index (κ1) is 16.2. The number of hydrogen-bond acceptors (Lipinski definition) is 5. The minimum Gasteiger partial charge on any atom is -0.494 e. The number of carbonyl (C=O) groups is 1. The molecule has 2 aromatic rings. The van der Waals surface area contributed by atoms with Crippen LogP contribution in [0, 0.1) is 5.92 Å². The molecule has 6 heteroatoms. The number of carbonyl (C=O) groups excluding carboxylic acids is 1. The second-order valence-electron chi connectivity index (χ2n) is 6.11.